The van der Waals surface area contributed by atoms with Crippen LogP contribution in [0.4, 0.5) is 0 Å². The molecule has 0 aliphatic heterocycles. The molecule has 3 aromatic carbocycles. The Balaban J connectivity index is 1.28. The Morgan fingerprint density at radius 3 is 1.30 bits per heavy atom. The molecular weight excluding hydrogens is 576 g/mol. The van der Waals surface area contributed by atoms with Gasteiger partial charge in [-0.05, 0) is 75.1 Å². The Kier molecular flexibility index (Phi) is 16.7. The topological polar surface area (TPSA) is 105 Å². The highest BCUT2D eigenvalue weighted by Crippen LogP contribution is 2.27. The number of benzene rings is 3. The molecule has 8 heteroatoms. The molecule has 2 amide bonds. The third kappa shape index (κ3) is 13.2. The molecular formula is C38H54N4O4. The quantitative estimate of drug-likeness (QED) is 0.0726. The first-order chi connectivity index (χ1) is 22.4. The summed E-state index contributed by atoms with van der Waals surface area (Å²) in [5.74, 6) is -1.58. The van der Waals surface area contributed by atoms with Crippen molar-refractivity contribution in [1.29, 1.82) is 0 Å². The summed E-state index contributed by atoms with van der Waals surface area (Å²) in [4.78, 5) is 30.2. The summed E-state index contributed by atoms with van der Waals surface area (Å²) in [5.41, 5.74) is 2.57. The van der Waals surface area contributed by atoms with Crippen molar-refractivity contribution in [3.8, 4) is 11.5 Å². The van der Waals surface area contributed by atoms with E-state index in [0.717, 1.165) is 90.6 Å². The maximum Gasteiger partial charge on any atom is 0.255 e. The minimum Gasteiger partial charge on any atom is -0.507 e. The van der Waals surface area contributed by atoms with E-state index in [-0.39, 0.29) is 22.6 Å². The molecule has 0 aliphatic carbocycles. The molecule has 0 heterocycles. The Labute approximate surface area is 275 Å². The fraction of sp³-hybridized carbons (Fsp3) is 0.474. The number of nitrogens with one attached hydrogen (secondary N) is 2. The van der Waals surface area contributed by atoms with Gasteiger partial charge in [-0.3, -0.25) is 19.4 Å². The van der Waals surface area contributed by atoms with E-state index in [0.29, 0.717) is 13.1 Å². The Morgan fingerprint density at radius 2 is 0.935 bits per heavy atom. The Bertz CT molecular complexity index is 1200. The molecule has 46 heavy (non-hydrogen) atoms. The molecule has 0 atom stereocenters. The van der Waals surface area contributed by atoms with Crippen LogP contribution in [0, 0.1) is 0 Å². The molecule has 0 bridgehead atoms. The second-order valence-corrected chi connectivity index (χ2v) is 11.9. The van der Waals surface area contributed by atoms with Crippen molar-refractivity contribution in [2.75, 3.05) is 39.3 Å². The van der Waals surface area contributed by atoms with Crippen LogP contribution < -0.4 is 10.6 Å². The molecule has 0 saturated heterocycles. The molecule has 8 nitrogen and oxygen atoms in total. The van der Waals surface area contributed by atoms with Crippen LogP contribution in [0.15, 0.2) is 72.8 Å². The lowest BCUT2D eigenvalue weighted by Gasteiger charge is -2.20. The fourth-order valence-corrected chi connectivity index (χ4v) is 5.54. The number of carbonyl (C=O) groups is 2. The van der Waals surface area contributed by atoms with Gasteiger partial charge in [0.15, 0.2) is 0 Å². The van der Waals surface area contributed by atoms with Gasteiger partial charge in [0.2, 0.25) is 0 Å². The van der Waals surface area contributed by atoms with Crippen LogP contribution in [0.2, 0.25) is 0 Å². The number of carbonyl (C=O) groups excluding carboxylic acids is 2. The third-order valence-corrected chi connectivity index (χ3v) is 8.37. The second kappa shape index (κ2) is 21.0. The van der Waals surface area contributed by atoms with Gasteiger partial charge in [-0.15, -0.1) is 0 Å². The third-order valence-electron chi connectivity index (χ3n) is 8.37. The molecule has 0 aliphatic rings. The molecule has 0 unspecified atom stereocenters. The van der Waals surface area contributed by atoms with Gasteiger partial charge in [-0.25, -0.2) is 0 Å². The first-order valence-corrected chi connectivity index (χ1v) is 17.1. The summed E-state index contributed by atoms with van der Waals surface area (Å²) in [6, 6.07) is 23.3. The lowest BCUT2D eigenvalue weighted by Crippen LogP contribution is -2.26. The van der Waals surface area contributed by atoms with Gasteiger partial charge in [0, 0.05) is 26.2 Å². The van der Waals surface area contributed by atoms with Crippen LogP contribution in [-0.2, 0) is 13.1 Å². The normalized spacial score (nSPS) is 11.2. The monoisotopic (exact) mass is 630 g/mol. The molecule has 0 fully saturated rings. The summed E-state index contributed by atoms with van der Waals surface area (Å²) in [5, 5.41) is 26.5. The molecule has 0 saturated carbocycles. The summed E-state index contributed by atoms with van der Waals surface area (Å²) < 4.78 is 0. The first-order valence-electron chi connectivity index (χ1n) is 17.1. The van der Waals surface area contributed by atoms with Crippen LogP contribution >= 0.6 is 0 Å². The number of unbranched alkanes of at least 4 members (excludes halogenated alkanes) is 6. The highest BCUT2D eigenvalue weighted by atomic mass is 16.3. The Hall–Kier alpha value is -3.88. The van der Waals surface area contributed by atoms with E-state index in [1.54, 1.807) is 0 Å². The number of aromatic hydroxyl groups is 2. The number of rotatable bonds is 22. The fourth-order valence-electron chi connectivity index (χ4n) is 5.54. The summed E-state index contributed by atoms with van der Waals surface area (Å²) >= 11 is 0. The highest BCUT2D eigenvalue weighted by Gasteiger charge is 2.19. The van der Waals surface area contributed by atoms with E-state index >= 15 is 0 Å². The number of nitrogens with zero attached hydrogens (tertiary/aromatic N) is 2. The van der Waals surface area contributed by atoms with Crippen LogP contribution in [0.3, 0.4) is 0 Å². The predicted octanol–water partition coefficient (Wildman–Crippen LogP) is 6.72. The number of amides is 2. The van der Waals surface area contributed by atoms with Crippen LogP contribution in [-0.4, -0.2) is 71.1 Å². The van der Waals surface area contributed by atoms with Crippen LogP contribution in [0.25, 0.3) is 0 Å². The molecule has 0 aromatic heterocycles. The molecule has 4 N–H and O–H groups in total. The van der Waals surface area contributed by atoms with E-state index in [9.17, 15) is 19.8 Å². The molecule has 0 radical (unpaired) electrons. The van der Waals surface area contributed by atoms with Gasteiger partial charge in [-0.2, -0.15) is 0 Å². The zero-order valence-corrected chi connectivity index (χ0v) is 27.8. The van der Waals surface area contributed by atoms with Gasteiger partial charge in [0.25, 0.3) is 11.8 Å². The van der Waals surface area contributed by atoms with Crippen molar-refractivity contribution in [2.45, 2.75) is 78.3 Å². The number of hydrogen-bond acceptors (Lipinski definition) is 6. The SMILES string of the molecule is CCN(CCCCCCNC(=O)c1cc(O)c(C(=O)NCCCCCCN(CC)Cc2ccccc2)cc1O)Cc1ccccc1. The van der Waals surface area contributed by atoms with Crippen molar-refractivity contribution in [3.63, 3.8) is 0 Å². The average molecular weight is 631 g/mol. The summed E-state index contributed by atoms with van der Waals surface area (Å²) in [6.07, 6.45) is 7.98. The summed E-state index contributed by atoms with van der Waals surface area (Å²) in [7, 11) is 0. The first kappa shape index (κ1) is 36.6. The maximum absolute atomic E-state index is 12.6. The van der Waals surface area contributed by atoms with Gasteiger partial charge < -0.3 is 20.8 Å². The number of phenols is 2. The molecule has 3 aromatic rings. The molecule has 250 valence electrons. The minimum absolute atomic E-state index is 0.0399. The second-order valence-electron chi connectivity index (χ2n) is 11.9. The van der Waals surface area contributed by atoms with E-state index in [2.05, 4.69) is 82.8 Å². The molecule has 0 spiro atoms. The smallest absolute Gasteiger partial charge is 0.255 e. The van der Waals surface area contributed by atoms with Gasteiger partial charge >= 0.3 is 0 Å². The van der Waals surface area contributed by atoms with Crippen molar-refractivity contribution in [2.24, 2.45) is 0 Å². The van der Waals surface area contributed by atoms with E-state index in [4.69, 9.17) is 0 Å². The Morgan fingerprint density at radius 1 is 0.565 bits per heavy atom. The van der Waals surface area contributed by atoms with Crippen molar-refractivity contribution >= 4 is 11.8 Å². The lowest BCUT2D eigenvalue weighted by molar-refractivity contribution is 0.0935. The largest absolute Gasteiger partial charge is 0.507 e. The standard InChI is InChI=1S/C38H54N4O4/c1-3-41(29-31-19-11-9-12-20-31)25-17-7-5-15-23-39-37(45)33-27-36(44)34(28-35(33)43)38(46)40-24-16-6-8-18-26-42(4-2)30-32-21-13-10-14-22-32/h9-14,19-22,27-28,43-44H,3-8,15-18,23-26,29-30H2,1-2H3,(H,39,45)(H,40,46). The van der Waals surface area contributed by atoms with Crippen LogP contribution in [0.5, 0.6) is 11.5 Å². The van der Waals surface area contributed by atoms with Crippen molar-refractivity contribution < 1.29 is 19.8 Å². The van der Waals surface area contributed by atoms with E-state index in [1.807, 2.05) is 12.1 Å². The minimum atomic E-state index is -0.467. The number of phenolic OH excluding ortho intramolecular Hbond substituents is 2. The lowest BCUT2D eigenvalue weighted by atomic mass is 10.1. The predicted molar refractivity (Wildman–Crippen MR) is 186 cm³/mol. The summed E-state index contributed by atoms with van der Waals surface area (Å²) in [6.45, 7) is 11.3. The van der Waals surface area contributed by atoms with E-state index in [1.165, 1.54) is 23.3 Å². The zero-order valence-electron chi connectivity index (χ0n) is 27.8. The van der Waals surface area contributed by atoms with Gasteiger partial charge in [-0.1, -0.05) is 100 Å². The zero-order chi connectivity index (χ0) is 33.0. The average Bonchev–Trinajstić information content (AvgIpc) is 3.07. The van der Waals surface area contributed by atoms with Gasteiger partial charge in [0.1, 0.15) is 11.5 Å². The van der Waals surface area contributed by atoms with Crippen molar-refractivity contribution in [3.05, 3.63) is 95.1 Å². The molecule has 3 rings (SSSR count). The number of hydrogen-bond donors (Lipinski definition) is 4. The van der Waals surface area contributed by atoms with Crippen LogP contribution in [0.1, 0.15) is 97.1 Å². The van der Waals surface area contributed by atoms with Crippen molar-refractivity contribution in [1.82, 2.24) is 20.4 Å². The highest BCUT2D eigenvalue weighted by molar-refractivity contribution is 6.02. The van der Waals surface area contributed by atoms with E-state index < -0.39 is 11.8 Å². The maximum atomic E-state index is 12.6. The van der Waals surface area contributed by atoms with Gasteiger partial charge in [0.05, 0.1) is 11.1 Å².